The van der Waals surface area contributed by atoms with E-state index in [0.717, 1.165) is 31.5 Å². The summed E-state index contributed by atoms with van der Waals surface area (Å²) < 4.78 is 0. The van der Waals surface area contributed by atoms with Gasteiger partial charge < -0.3 is 4.90 Å². The second-order valence-corrected chi connectivity index (χ2v) is 6.34. The largest absolute Gasteiger partial charge is 0.330 e. The van der Waals surface area contributed by atoms with Gasteiger partial charge in [-0.05, 0) is 62.8 Å². The highest BCUT2D eigenvalue weighted by Gasteiger charge is 2.30. The molecule has 4 nitrogen and oxygen atoms in total. The highest BCUT2D eigenvalue weighted by Crippen LogP contribution is 2.34. The van der Waals surface area contributed by atoms with Gasteiger partial charge in [-0.1, -0.05) is 18.2 Å². The van der Waals surface area contributed by atoms with Crippen LogP contribution >= 0.6 is 0 Å². The van der Waals surface area contributed by atoms with E-state index in [0.29, 0.717) is 5.69 Å². The number of aryl methyl sites for hydroxylation is 2. The van der Waals surface area contributed by atoms with Crippen molar-refractivity contribution in [3.8, 4) is 0 Å². The number of nitrogens with zero attached hydrogens (tertiary/aromatic N) is 3. The fraction of sp³-hybridized carbons (Fsp3) is 0.421. The maximum absolute atomic E-state index is 13.0. The Morgan fingerprint density at radius 1 is 1.17 bits per heavy atom. The molecule has 4 heteroatoms. The average molecular weight is 309 g/mol. The Balaban J connectivity index is 1.96. The molecule has 1 atom stereocenters. The topological polar surface area (TPSA) is 46.1 Å². The lowest BCUT2D eigenvalue weighted by atomic mass is 9.90. The van der Waals surface area contributed by atoms with Crippen LogP contribution in [-0.4, -0.2) is 27.3 Å². The van der Waals surface area contributed by atoms with E-state index in [1.807, 2.05) is 11.8 Å². The van der Waals surface area contributed by atoms with Crippen LogP contribution in [0.3, 0.4) is 0 Å². The van der Waals surface area contributed by atoms with E-state index in [2.05, 4.69) is 42.0 Å². The van der Waals surface area contributed by atoms with Crippen LogP contribution in [0.2, 0.25) is 0 Å². The molecule has 1 aromatic carbocycles. The summed E-state index contributed by atoms with van der Waals surface area (Å²) in [5.74, 6) is 0.0149. The number of rotatable bonds is 2. The van der Waals surface area contributed by atoms with Crippen molar-refractivity contribution in [3.63, 3.8) is 0 Å². The molecule has 0 bridgehead atoms. The lowest BCUT2D eigenvalue weighted by molar-refractivity contribution is 0.0604. The van der Waals surface area contributed by atoms with Crippen molar-refractivity contribution in [1.29, 1.82) is 0 Å². The number of carbonyl (C=O) groups excluding carboxylic acids is 1. The molecule has 0 radical (unpaired) electrons. The zero-order chi connectivity index (χ0) is 16.4. The summed E-state index contributed by atoms with van der Waals surface area (Å²) in [7, 11) is 0. The third-order valence-electron chi connectivity index (χ3n) is 4.79. The molecule has 1 aliphatic rings. The molecule has 0 unspecified atom stereocenters. The van der Waals surface area contributed by atoms with Gasteiger partial charge in [-0.2, -0.15) is 0 Å². The minimum absolute atomic E-state index is 0.0149. The number of hydrogen-bond donors (Lipinski definition) is 0. The molecule has 1 saturated heterocycles. The first-order chi connectivity index (χ1) is 11.1. The molecule has 1 fully saturated rings. The van der Waals surface area contributed by atoms with E-state index in [1.54, 1.807) is 6.07 Å². The molecule has 2 aromatic rings. The third kappa shape index (κ3) is 3.11. The van der Waals surface area contributed by atoms with E-state index in [9.17, 15) is 4.79 Å². The summed E-state index contributed by atoms with van der Waals surface area (Å²) in [4.78, 5) is 23.2. The van der Waals surface area contributed by atoms with Gasteiger partial charge >= 0.3 is 0 Å². The molecular formula is C19H23N3O. The molecular weight excluding hydrogens is 286 g/mol. The van der Waals surface area contributed by atoms with Crippen molar-refractivity contribution in [2.45, 2.75) is 46.1 Å². The van der Waals surface area contributed by atoms with Gasteiger partial charge in [0.25, 0.3) is 5.91 Å². The molecule has 2 heterocycles. The Hall–Kier alpha value is -2.23. The van der Waals surface area contributed by atoms with Gasteiger partial charge in [-0.3, -0.25) is 4.79 Å². The number of aromatic nitrogens is 2. The quantitative estimate of drug-likeness (QED) is 0.848. The van der Waals surface area contributed by atoms with Crippen molar-refractivity contribution in [3.05, 3.63) is 58.7 Å². The van der Waals surface area contributed by atoms with Crippen LogP contribution in [0.25, 0.3) is 0 Å². The van der Waals surface area contributed by atoms with Crippen molar-refractivity contribution < 1.29 is 4.79 Å². The number of piperidine rings is 1. The van der Waals surface area contributed by atoms with Gasteiger partial charge in [0.05, 0.1) is 6.04 Å². The summed E-state index contributed by atoms with van der Waals surface area (Å²) in [5, 5.41) is 0. The predicted octanol–water partition coefficient (Wildman–Crippen LogP) is 3.77. The van der Waals surface area contributed by atoms with Crippen LogP contribution in [0.1, 0.15) is 58.2 Å². The van der Waals surface area contributed by atoms with Crippen LogP contribution in [0.5, 0.6) is 0 Å². The molecule has 23 heavy (non-hydrogen) atoms. The van der Waals surface area contributed by atoms with E-state index < -0.39 is 0 Å². The summed E-state index contributed by atoms with van der Waals surface area (Å²) in [6.07, 6.45) is 4.70. The standard InChI is InChI=1S/C19H23N3O/c1-13-7-6-8-16(15(13)3)18-9-4-5-10-22(18)19(23)17-11-14(2)20-12-21-17/h6-8,11-12,18H,4-5,9-10H2,1-3H3/t18-/m1/s1. The lowest BCUT2D eigenvalue weighted by Gasteiger charge is -2.37. The van der Waals surface area contributed by atoms with Gasteiger partial charge in [0.1, 0.15) is 12.0 Å². The number of amides is 1. The fourth-order valence-electron chi connectivity index (χ4n) is 3.35. The molecule has 0 spiro atoms. The summed E-state index contributed by atoms with van der Waals surface area (Å²) >= 11 is 0. The summed E-state index contributed by atoms with van der Waals surface area (Å²) in [6, 6.07) is 8.29. The molecule has 0 aliphatic carbocycles. The molecule has 1 aliphatic heterocycles. The maximum atomic E-state index is 13.0. The number of hydrogen-bond acceptors (Lipinski definition) is 3. The first-order valence-electron chi connectivity index (χ1n) is 8.23. The normalized spacial score (nSPS) is 18.0. The molecule has 120 valence electrons. The van der Waals surface area contributed by atoms with Gasteiger partial charge in [0, 0.05) is 12.2 Å². The number of carbonyl (C=O) groups is 1. The number of benzene rings is 1. The fourth-order valence-corrected chi connectivity index (χ4v) is 3.35. The van der Waals surface area contributed by atoms with Crippen LogP contribution < -0.4 is 0 Å². The van der Waals surface area contributed by atoms with Gasteiger partial charge in [0.2, 0.25) is 0 Å². The molecule has 1 aromatic heterocycles. The first-order valence-corrected chi connectivity index (χ1v) is 8.23. The van der Waals surface area contributed by atoms with Crippen LogP contribution in [0, 0.1) is 20.8 Å². The monoisotopic (exact) mass is 309 g/mol. The SMILES string of the molecule is Cc1cc(C(=O)N2CCCC[C@@H]2c2cccc(C)c2C)ncn1. The van der Waals surface area contributed by atoms with Crippen LogP contribution in [-0.2, 0) is 0 Å². The zero-order valence-electron chi connectivity index (χ0n) is 14.0. The Morgan fingerprint density at radius 2 is 2.00 bits per heavy atom. The van der Waals surface area contributed by atoms with E-state index in [-0.39, 0.29) is 11.9 Å². The highest BCUT2D eigenvalue weighted by atomic mass is 16.2. The summed E-state index contributed by atoms with van der Waals surface area (Å²) in [6.45, 7) is 6.95. The molecule has 1 amide bonds. The second kappa shape index (κ2) is 6.49. The predicted molar refractivity (Wildman–Crippen MR) is 90.3 cm³/mol. The lowest BCUT2D eigenvalue weighted by Crippen LogP contribution is -2.39. The minimum atomic E-state index is 0.0149. The summed E-state index contributed by atoms with van der Waals surface area (Å²) in [5.41, 5.74) is 5.15. The Labute approximate surface area is 137 Å². The Kier molecular flexibility index (Phi) is 4.42. The van der Waals surface area contributed by atoms with Crippen molar-refractivity contribution in [2.75, 3.05) is 6.54 Å². The van der Waals surface area contributed by atoms with E-state index in [1.165, 1.54) is 23.0 Å². The Morgan fingerprint density at radius 3 is 2.78 bits per heavy atom. The average Bonchev–Trinajstić information content (AvgIpc) is 2.57. The van der Waals surface area contributed by atoms with Crippen molar-refractivity contribution in [1.82, 2.24) is 14.9 Å². The molecule has 0 saturated carbocycles. The minimum Gasteiger partial charge on any atom is -0.330 e. The highest BCUT2D eigenvalue weighted by molar-refractivity contribution is 5.92. The van der Waals surface area contributed by atoms with Gasteiger partial charge in [-0.15, -0.1) is 0 Å². The van der Waals surface area contributed by atoms with E-state index >= 15 is 0 Å². The number of likely N-dealkylation sites (tertiary alicyclic amines) is 1. The third-order valence-corrected chi connectivity index (χ3v) is 4.79. The first kappa shape index (κ1) is 15.7. The zero-order valence-corrected chi connectivity index (χ0v) is 14.0. The second-order valence-electron chi connectivity index (χ2n) is 6.34. The van der Waals surface area contributed by atoms with Crippen LogP contribution in [0.15, 0.2) is 30.6 Å². The van der Waals surface area contributed by atoms with Crippen molar-refractivity contribution >= 4 is 5.91 Å². The van der Waals surface area contributed by atoms with Gasteiger partial charge in [0.15, 0.2) is 0 Å². The molecule has 0 N–H and O–H groups in total. The van der Waals surface area contributed by atoms with E-state index in [4.69, 9.17) is 0 Å². The van der Waals surface area contributed by atoms with Gasteiger partial charge in [-0.25, -0.2) is 9.97 Å². The maximum Gasteiger partial charge on any atom is 0.273 e. The smallest absolute Gasteiger partial charge is 0.273 e. The van der Waals surface area contributed by atoms with Crippen LogP contribution in [0.4, 0.5) is 0 Å². The van der Waals surface area contributed by atoms with Crippen molar-refractivity contribution in [2.24, 2.45) is 0 Å². The Bertz CT molecular complexity index is 726. The molecule has 3 rings (SSSR count).